The smallest absolute Gasteiger partial charge is 0.411 e. The number of hydrogen-bond acceptors (Lipinski definition) is 8. The van der Waals surface area contributed by atoms with Crippen LogP contribution in [0.3, 0.4) is 0 Å². The predicted molar refractivity (Wildman–Crippen MR) is 135 cm³/mol. The standard InChI is InChI=1S/C26H31FN4O6/c1-34-23-8-4-20(16-24(23)37-18-27)22-7-9-25(32)31(29-22)17-19-2-5-21(6-3-19)28-26(33)36-15-12-30-10-13-35-14-11-30/h2-6,8,16H,7,9-15,17-18H2,1H3,(H,28,33). The monoisotopic (exact) mass is 514 g/mol. The molecule has 4 rings (SSSR count). The first-order valence-electron chi connectivity index (χ1n) is 12.1. The quantitative estimate of drug-likeness (QED) is 0.519. The van der Waals surface area contributed by atoms with Crippen LogP contribution in [0.25, 0.3) is 0 Å². The molecule has 2 aliphatic rings. The van der Waals surface area contributed by atoms with Crippen LogP contribution >= 0.6 is 0 Å². The van der Waals surface area contributed by atoms with Crippen LogP contribution in [-0.2, 0) is 20.8 Å². The van der Waals surface area contributed by atoms with Crippen LogP contribution in [0.5, 0.6) is 11.5 Å². The molecule has 0 aliphatic carbocycles. The number of benzene rings is 2. The largest absolute Gasteiger partial charge is 0.493 e. The molecule has 0 spiro atoms. The second kappa shape index (κ2) is 13.0. The number of carbonyl (C=O) groups excluding carboxylic acids is 2. The van der Waals surface area contributed by atoms with Gasteiger partial charge in [0.1, 0.15) is 6.61 Å². The van der Waals surface area contributed by atoms with Crippen LogP contribution in [-0.4, -0.2) is 81.0 Å². The van der Waals surface area contributed by atoms with E-state index in [4.69, 9.17) is 18.9 Å². The highest BCUT2D eigenvalue weighted by Crippen LogP contribution is 2.30. The van der Waals surface area contributed by atoms with Crippen molar-refractivity contribution in [2.24, 2.45) is 5.10 Å². The van der Waals surface area contributed by atoms with E-state index in [1.807, 2.05) is 12.1 Å². The molecule has 0 saturated carbocycles. The number of alkyl halides is 1. The van der Waals surface area contributed by atoms with Gasteiger partial charge in [-0.2, -0.15) is 5.10 Å². The summed E-state index contributed by atoms with van der Waals surface area (Å²) in [5.74, 6) is 0.598. The van der Waals surface area contributed by atoms with Crippen molar-refractivity contribution in [3.05, 3.63) is 53.6 Å². The van der Waals surface area contributed by atoms with Crippen molar-refractivity contribution in [2.75, 3.05) is 58.7 Å². The van der Waals surface area contributed by atoms with E-state index in [9.17, 15) is 14.0 Å². The molecule has 1 fully saturated rings. The molecule has 10 nitrogen and oxygen atoms in total. The zero-order valence-electron chi connectivity index (χ0n) is 20.8. The van der Waals surface area contributed by atoms with Crippen molar-refractivity contribution in [3.8, 4) is 11.5 Å². The summed E-state index contributed by atoms with van der Waals surface area (Å²) in [6.07, 6.45) is 0.255. The molecule has 0 aromatic heterocycles. The van der Waals surface area contributed by atoms with Crippen LogP contribution < -0.4 is 14.8 Å². The van der Waals surface area contributed by atoms with Crippen molar-refractivity contribution in [3.63, 3.8) is 0 Å². The lowest BCUT2D eigenvalue weighted by Crippen LogP contribution is -2.38. The highest BCUT2D eigenvalue weighted by molar-refractivity contribution is 6.04. The van der Waals surface area contributed by atoms with Gasteiger partial charge in [0.05, 0.1) is 32.6 Å². The summed E-state index contributed by atoms with van der Waals surface area (Å²) in [5, 5.41) is 8.67. The molecular formula is C26H31FN4O6. The number of amides is 2. The number of ether oxygens (including phenoxy) is 4. The van der Waals surface area contributed by atoms with E-state index in [2.05, 4.69) is 15.3 Å². The highest BCUT2D eigenvalue weighted by Gasteiger charge is 2.22. The van der Waals surface area contributed by atoms with Gasteiger partial charge in [-0.05, 0) is 35.9 Å². The molecular weight excluding hydrogens is 483 g/mol. The van der Waals surface area contributed by atoms with Gasteiger partial charge in [0.15, 0.2) is 11.5 Å². The zero-order valence-corrected chi connectivity index (χ0v) is 20.8. The van der Waals surface area contributed by atoms with E-state index in [1.165, 1.54) is 12.1 Å². The maximum Gasteiger partial charge on any atom is 0.411 e. The number of rotatable bonds is 10. The molecule has 2 aromatic rings. The van der Waals surface area contributed by atoms with Gasteiger partial charge in [0, 0.05) is 43.7 Å². The maximum absolute atomic E-state index is 12.8. The Hall–Kier alpha value is -3.70. The van der Waals surface area contributed by atoms with Crippen molar-refractivity contribution in [1.29, 1.82) is 0 Å². The van der Waals surface area contributed by atoms with Gasteiger partial charge in [0.25, 0.3) is 0 Å². The van der Waals surface area contributed by atoms with E-state index in [0.29, 0.717) is 56.4 Å². The number of methoxy groups -OCH3 is 1. The number of carbonyl (C=O) groups is 2. The molecule has 0 unspecified atom stereocenters. The lowest BCUT2D eigenvalue weighted by Gasteiger charge is -2.26. The van der Waals surface area contributed by atoms with Gasteiger partial charge in [-0.25, -0.2) is 14.2 Å². The van der Waals surface area contributed by atoms with Crippen molar-refractivity contribution < 1.29 is 32.9 Å². The first-order valence-corrected chi connectivity index (χ1v) is 12.1. The van der Waals surface area contributed by atoms with E-state index in [0.717, 1.165) is 24.2 Å². The Labute approximate surface area is 214 Å². The minimum absolute atomic E-state index is 0.0939. The van der Waals surface area contributed by atoms with E-state index < -0.39 is 13.0 Å². The topological polar surface area (TPSA) is 102 Å². The second-order valence-electron chi connectivity index (χ2n) is 8.53. The SMILES string of the molecule is COc1ccc(C2=NN(Cc3ccc(NC(=O)OCCN4CCOCC4)cc3)C(=O)CC2)cc1OCF. The number of morpholine rings is 1. The van der Waals surface area contributed by atoms with Gasteiger partial charge >= 0.3 is 6.09 Å². The Balaban J connectivity index is 1.32. The molecule has 37 heavy (non-hydrogen) atoms. The Kier molecular flexibility index (Phi) is 9.28. The predicted octanol–water partition coefficient (Wildman–Crippen LogP) is 3.41. The average Bonchev–Trinajstić information content (AvgIpc) is 2.92. The molecule has 2 heterocycles. The molecule has 11 heteroatoms. The van der Waals surface area contributed by atoms with Crippen LogP contribution in [0.2, 0.25) is 0 Å². The average molecular weight is 515 g/mol. The summed E-state index contributed by atoms with van der Waals surface area (Å²) in [6.45, 7) is 3.35. The number of nitrogens with zero attached hydrogens (tertiary/aromatic N) is 3. The fourth-order valence-electron chi connectivity index (χ4n) is 4.07. The van der Waals surface area contributed by atoms with Crippen molar-refractivity contribution in [1.82, 2.24) is 9.91 Å². The van der Waals surface area contributed by atoms with Gasteiger partial charge < -0.3 is 18.9 Å². The van der Waals surface area contributed by atoms with E-state index in [1.54, 1.807) is 30.3 Å². The Morgan fingerprint density at radius 2 is 1.89 bits per heavy atom. The second-order valence-corrected chi connectivity index (χ2v) is 8.53. The van der Waals surface area contributed by atoms with Crippen LogP contribution in [0.15, 0.2) is 47.6 Å². The molecule has 1 saturated heterocycles. The molecule has 0 radical (unpaired) electrons. The molecule has 1 N–H and O–H groups in total. The summed E-state index contributed by atoms with van der Waals surface area (Å²) in [4.78, 5) is 26.8. The van der Waals surface area contributed by atoms with Gasteiger partial charge in [0.2, 0.25) is 12.8 Å². The summed E-state index contributed by atoms with van der Waals surface area (Å²) < 4.78 is 33.5. The van der Waals surface area contributed by atoms with Gasteiger partial charge in [-0.15, -0.1) is 0 Å². The third-order valence-corrected chi connectivity index (χ3v) is 6.09. The number of nitrogens with one attached hydrogen (secondary N) is 1. The Bertz CT molecular complexity index is 1100. The van der Waals surface area contributed by atoms with Crippen LogP contribution in [0.4, 0.5) is 14.9 Å². The molecule has 0 atom stereocenters. The molecule has 2 aromatic carbocycles. The summed E-state index contributed by atoms with van der Waals surface area (Å²) in [7, 11) is 1.48. The molecule has 2 amide bonds. The first-order chi connectivity index (χ1) is 18.1. The molecule has 2 aliphatic heterocycles. The third kappa shape index (κ3) is 7.40. The number of anilines is 1. The fourth-order valence-corrected chi connectivity index (χ4v) is 4.07. The molecule has 0 bridgehead atoms. The Morgan fingerprint density at radius 3 is 2.62 bits per heavy atom. The van der Waals surface area contributed by atoms with Crippen LogP contribution in [0.1, 0.15) is 24.0 Å². The first kappa shape index (κ1) is 26.4. The summed E-state index contributed by atoms with van der Waals surface area (Å²) in [5.41, 5.74) is 2.87. The maximum atomic E-state index is 12.8. The molecule has 198 valence electrons. The minimum Gasteiger partial charge on any atom is -0.493 e. The van der Waals surface area contributed by atoms with Crippen LogP contribution in [0, 0.1) is 0 Å². The highest BCUT2D eigenvalue weighted by atomic mass is 19.1. The Morgan fingerprint density at radius 1 is 1.11 bits per heavy atom. The van der Waals surface area contributed by atoms with E-state index >= 15 is 0 Å². The van der Waals surface area contributed by atoms with Crippen molar-refractivity contribution in [2.45, 2.75) is 19.4 Å². The van der Waals surface area contributed by atoms with Gasteiger partial charge in [-0.1, -0.05) is 12.1 Å². The lowest BCUT2D eigenvalue weighted by molar-refractivity contribution is -0.132. The normalized spacial score (nSPS) is 16.2. The summed E-state index contributed by atoms with van der Waals surface area (Å²) >= 11 is 0. The zero-order chi connectivity index (χ0) is 26.0. The number of hydrazone groups is 1. The lowest BCUT2D eigenvalue weighted by atomic mass is 10.0. The fraction of sp³-hybridized carbons (Fsp3) is 0.423. The van der Waals surface area contributed by atoms with Crippen molar-refractivity contribution >= 4 is 23.4 Å². The number of hydrogen-bond donors (Lipinski definition) is 1. The summed E-state index contributed by atoms with van der Waals surface area (Å²) in [6, 6.07) is 12.3. The minimum atomic E-state index is -0.978. The van der Waals surface area contributed by atoms with E-state index in [-0.39, 0.29) is 18.2 Å². The van der Waals surface area contributed by atoms with Gasteiger partial charge in [-0.3, -0.25) is 15.0 Å². The number of halogens is 1. The third-order valence-electron chi connectivity index (χ3n) is 6.09.